The van der Waals surface area contributed by atoms with Crippen LogP contribution in [0.4, 0.5) is 0 Å². The topological polar surface area (TPSA) is 12.5 Å². The van der Waals surface area contributed by atoms with Gasteiger partial charge >= 0.3 is 0 Å². The number of hydrogen-bond donors (Lipinski definition) is 0. The fourth-order valence-corrected chi connectivity index (χ4v) is 2.16. The van der Waals surface area contributed by atoms with Gasteiger partial charge in [-0.15, -0.1) is 0 Å². The third-order valence-electron chi connectivity index (χ3n) is 3.36. The lowest BCUT2D eigenvalue weighted by atomic mass is 10.2. The third-order valence-corrected chi connectivity index (χ3v) is 3.36. The lowest BCUT2D eigenvalue weighted by molar-refractivity contribution is -0.0630. The highest BCUT2D eigenvalue weighted by atomic mass is 16.5. The Labute approximate surface area is 74.9 Å². The predicted molar refractivity (Wildman–Crippen MR) is 49.2 cm³/mol. The van der Waals surface area contributed by atoms with E-state index in [1.54, 1.807) is 0 Å². The second-order valence-electron chi connectivity index (χ2n) is 4.58. The van der Waals surface area contributed by atoms with Gasteiger partial charge < -0.3 is 4.74 Å². The first kappa shape index (κ1) is 8.52. The minimum atomic E-state index is 0.266. The molecule has 2 fully saturated rings. The molecule has 2 heteroatoms. The zero-order valence-electron chi connectivity index (χ0n) is 8.34. The summed E-state index contributed by atoms with van der Waals surface area (Å²) in [4.78, 5) is 2.53. The van der Waals surface area contributed by atoms with Gasteiger partial charge in [0.1, 0.15) is 0 Å². The molecule has 0 amide bonds. The number of ether oxygens (including phenoxy) is 1. The highest BCUT2D eigenvalue weighted by Gasteiger charge is 2.54. The van der Waals surface area contributed by atoms with Gasteiger partial charge in [-0.1, -0.05) is 6.92 Å². The lowest BCUT2D eigenvalue weighted by Gasteiger charge is -2.36. The predicted octanol–water partition coefficient (Wildman–Crippen LogP) is 1.51. The van der Waals surface area contributed by atoms with Crippen molar-refractivity contribution in [2.24, 2.45) is 5.92 Å². The molecule has 0 bridgehead atoms. The summed E-state index contributed by atoms with van der Waals surface area (Å²) >= 11 is 0. The summed E-state index contributed by atoms with van der Waals surface area (Å²) in [6.45, 7) is 10.0. The first-order chi connectivity index (χ1) is 5.64. The van der Waals surface area contributed by atoms with E-state index < -0.39 is 0 Å². The molecule has 1 heterocycles. The van der Waals surface area contributed by atoms with E-state index in [0.29, 0.717) is 6.04 Å². The van der Waals surface area contributed by atoms with Crippen LogP contribution in [0.25, 0.3) is 0 Å². The van der Waals surface area contributed by atoms with Crippen LogP contribution in [0.3, 0.4) is 0 Å². The van der Waals surface area contributed by atoms with Crippen molar-refractivity contribution >= 4 is 0 Å². The summed E-state index contributed by atoms with van der Waals surface area (Å²) in [6, 6.07) is 0.679. The molecular weight excluding hydrogens is 150 g/mol. The van der Waals surface area contributed by atoms with Crippen molar-refractivity contribution in [3.05, 3.63) is 0 Å². The van der Waals surface area contributed by atoms with Crippen LogP contribution < -0.4 is 0 Å². The molecule has 2 atom stereocenters. The Bertz CT molecular complexity index is 181. The van der Waals surface area contributed by atoms with E-state index in [9.17, 15) is 0 Å². The van der Waals surface area contributed by atoms with Gasteiger partial charge in [0.2, 0.25) is 0 Å². The summed E-state index contributed by atoms with van der Waals surface area (Å²) in [5, 5.41) is 0. The van der Waals surface area contributed by atoms with Gasteiger partial charge in [0, 0.05) is 19.1 Å². The van der Waals surface area contributed by atoms with Gasteiger partial charge in [-0.25, -0.2) is 0 Å². The number of morpholine rings is 1. The molecule has 12 heavy (non-hydrogen) atoms. The molecule has 2 rings (SSSR count). The molecule has 2 nitrogen and oxygen atoms in total. The normalized spacial score (nSPS) is 42.5. The quantitative estimate of drug-likeness (QED) is 0.590. The number of nitrogens with zero attached hydrogens (tertiary/aromatic N) is 1. The average Bonchev–Trinajstić information content (AvgIpc) is 2.61. The third kappa shape index (κ3) is 1.27. The number of rotatable bonds is 1. The maximum Gasteiger partial charge on any atom is 0.0839 e. The Kier molecular flexibility index (Phi) is 1.92. The average molecular weight is 169 g/mol. The van der Waals surface area contributed by atoms with E-state index in [2.05, 4.69) is 25.7 Å². The fraction of sp³-hybridized carbons (Fsp3) is 1.00. The molecule has 1 saturated carbocycles. The molecule has 1 aliphatic carbocycles. The van der Waals surface area contributed by atoms with E-state index in [4.69, 9.17) is 4.74 Å². The second kappa shape index (κ2) is 2.71. The van der Waals surface area contributed by atoms with Crippen LogP contribution in [-0.2, 0) is 4.74 Å². The first-order valence-electron chi connectivity index (χ1n) is 5.02. The van der Waals surface area contributed by atoms with Crippen molar-refractivity contribution in [3.63, 3.8) is 0 Å². The summed E-state index contributed by atoms with van der Waals surface area (Å²) < 4.78 is 5.83. The molecule has 2 aliphatic rings. The van der Waals surface area contributed by atoms with Crippen LogP contribution in [0.2, 0.25) is 0 Å². The van der Waals surface area contributed by atoms with E-state index in [0.717, 1.165) is 25.6 Å². The molecule has 70 valence electrons. The molecule has 0 aromatic heterocycles. The smallest absolute Gasteiger partial charge is 0.0839 e. The van der Waals surface area contributed by atoms with Crippen LogP contribution in [-0.4, -0.2) is 36.2 Å². The van der Waals surface area contributed by atoms with Gasteiger partial charge in [-0.2, -0.15) is 0 Å². The van der Waals surface area contributed by atoms with Gasteiger partial charge in [0.05, 0.1) is 12.2 Å². The lowest BCUT2D eigenvalue weighted by Crippen LogP contribution is -2.47. The molecule has 0 aromatic carbocycles. The van der Waals surface area contributed by atoms with E-state index in [1.165, 1.54) is 6.42 Å². The van der Waals surface area contributed by atoms with Crippen molar-refractivity contribution in [2.45, 2.75) is 38.8 Å². The monoisotopic (exact) mass is 169 g/mol. The molecule has 1 saturated heterocycles. The standard InChI is InChI=1S/C10H19NO/c1-8(2)11-4-5-12-10(7-11)6-9(10)3/h8-9H,4-7H2,1-3H3. The largest absolute Gasteiger partial charge is 0.372 e. The van der Waals surface area contributed by atoms with Crippen molar-refractivity contribution < 1.29 is 4.74 Å². The van der Waals surface area contributed by atoms with Crippen molar-refractivity contribution in [1.82, 2.24) is 4.90 Å². The van der Waals surface area contributed by atoms with Crippen LogP contribution in [0.5, 0.6) is 0 Å². The molecule has 0 N–H and O–H groups in total. The molecule has 1 spiro atoms. The summed E-state index contributed by atoms with van der Waals surface area (Å²) in [6.07, 6.45) is 1.27. The van der Waals surface area contributed by atoms with Gasteiger partial charge in [-0.3, -0.25) is 4.90 Å². The Morgan fingerprint density at radius 2 is 2.17 bits per heavy atom. The molecule has 1 aliphatic heterocycles. The Balaban J connectivity index is 1.96. The Morgan fingerprint density at radius 3 is 2.67 bits per heavy atom. The van der Waals surface area contributed by atoms with Crippen LogP contribution >= 0.6 is 0 Å². The highest BCUT2D eigenvalue weighted by molar-refractivity contribution is 5.06. The second-order valence-corrected chi connectivity index (χ2v) is 4.58. The van der Waals surface area contributed by atoms with E-state index in [-0.39, 0.29) is 5.60 Å². The zero-order chi connectivity index (χ0) is 8.77. The minimum Gasteiger partial charge on any atom is -0.372 e. The fourth-order valence-electron chi connectivity index (χ4n) is 2.16. The summed E-state index contributed by atoms with van der Waals surface area (Å²) in [5.74, 6) is 0.791. The molecule has 2 unspecified atom stereocenters. The van der Waals surface area contributed by atoms with E-state index in [1.807, 2.05) is 0 Å². The highest BCUT2D eigenvalue weighted by Crippen LogP contribution is 2.48. The molecular formula is C10H19NO. The van der Waals surface area contributed by atoms with Crippen LogP contribution in [0.15, 0.2) is 0 Å². The van der Waals surface area contributed by atoms with Crippen molar-refractivity contribution in [2.75, 3.05) is 19.7 Å². The molecule has 0 radical (unpaired) electrons. The van der Waals surface area contributed by atoms with E-state index >= 15 is 0 Å². The van der Waals surface area contributed by atoms with Crippen molar-refractivity contribution in [3.8, 4) is 0 Å². The van der Waals surface area contributed by atoms with Gasteiger partial charge in [0.15, 0.2) is 0 Å². The number of hydrogen-bond acceptors (Lipinski definition) is 2. The Morgan fingerprint density at radius 1 is 1.50 bits per heavy atom. The first-order valence-corrected chi connectivity index (χ1v) is 5.02. The minimum absolute atomic E-state index is 0.266. The van der Waals surface area contributed by atoms with Gasteiger partial charge in [-0.05, 0) is 26.2 Å². The maximum atomic E-state index is 5.83. The van der Waals surface area contributed by atoms with Crippen LogP contribution in [0.1, 0.15) is 27.2 Å². The summed E-state index contributed by atoms with van der Waals surface area (Å²) in [7, 11) is 0. The van der Waals surface area contributed by atoms with Crippen LogP contribution in [0, 0.1) is 5.92 Å². The Hall–Kier alpha value is -0.0800. The van der Waals surface area contributed by atoms with Gasteiger partial charge in [0.25, 0.3) is 0 Å². The van der Waals surface area contributed by atoms with Crippen molar-refractivity contribution in [1.29, 1.82) is 0 Å². The molecule has 0 aromatic rings. The zero-order valence-corrected chi connectivity index (χ0v) is 8.34. The summed E-state index contributed by atoms with van der Waals surface area (Å²) in [5.41, 5.74) is 0.266. The maximum absolute atomic E-state index is 5.83. The SMILES string of the molecule is CC(C)N1CCOC2(CC2C)C1.